The molecule has 1 aliphatic rings. The van der Waals surface area contributed by atoms with Crippen molar-refractivity contribution in [1.29, 1.82) is 0 Å². The molecule has 9 heteroatoms. The van der Waals surface area contributed by atoms with E-state index in [1.165, 1.54) is 0 Å². The second-order valence-electron chi connectivity index (χ2n) is 5.81. The SMILES string of the molecule is Cc1onc(-c2ccccc2Cl)c1C(=O)OCC(=O)NC(=O)NC1CC1. The van der Waals surface area contributed by atoms with Gasteiger partial charge in [0.25, 0.3) is 5.91 Å². The zero-order valence-corrected chi connectivity index (χ0v) is 14.6. The molecule has 1 aromatic heterocycles. The number of nitrogens with one attached hydrogen (secondary N) is 2. The molecule has 1 aromatic carbocycles. The number of urea groups is 1. The Labute approximate surface area is 153 Å². The van der Waals surface area contributed by atoms with Crippen molar-refractivity contribution >= 4 is 29.5 Å². The Morgan fingerprint density at radius 2 is 2.04 bits per heavy atom. The summed E-state index contributed by atoms with van der Waals surface area (Å²) in [5, 5.41) is 8.94. The molecular formula is C17H16ClN3O5. The van der Waals surface area contributed by atoms with Crippen molar-refractivity contribution in [1.82, 2.24) is 15.8 Å². The fraction of sp³-hybridized carbons (Fsp3) is 0.294. The molecule has 0 atom stereocenters. The van der Waals surface area contributed by atoms with Gasteiger partial charge in [0.05, 0.1) is 5.02 Å². The van der Waals surface area contributed by atoms with Gasteiger partial charge in [-0.1, -0.05) is 35.0 Å². The molecule has 8 nitrogen and oxygen atoms in total. The zero-order valence-electron chi connectivity index (χ0n) is 13.9. The van der Waals surface area contributed by atoms with E-state index >= 15 is 0 Å². The highest BCUT2D eigenvalue weighted by molar-refractivity contribution is 6.33. The van der Waals surface area contributed by atoms with Crippen LogP contribution in [0.25, 0.3) is 11.3 Å². The summed E-state index contributed by atoms with van der Waals surface area (Å²) in [5.41, 5.74) is 0.810. The number of aryl methyl sites for hydroxylation is 1. The molecule has 0 radical (unpaired) electrons. The molecule has 0 spiro atoms. The van der Waals surface area contributed by atoms with Gasteiger partial charge >= 0.3 is 12.0 Å². The van der Waals surface area contributed by atoms with E-state index in [0.717, 1.165) is 12.8 Å². The van der Waals surface area contributed by atoms with Gasteiger partial charge in [-0.2, -0.15) is 0 Å². The molecule has 3 amide bonds. The number of hydrogen-bond acceptors (Lipinski definition) is 6. The van der Waals surface area contributed by atoms with Gasteiger partial charge in [-0.15, -0.1) is 0 Å². The standard InChI is InChI=1S/C17H16ClN3O5/c1-9-14(15(21-26-9)11-4-2-3-5-12(11)18)16(23)25-8-13(22)20-17(24)19-10-6-7-10/h2-5,10H,6-8H2,1H3,(H2,19,20,22,24). The maximum Gasteiger partial charge on any atom is 0.344 e. The fourth-order valence-electron chi connectivity index (χ4n) is 2.26. The van der Waals surface area contributed by atoms with Gasteiger partial charge in [0.15, 0.2) is 6.61 Å². The van der Waals surface area contributed by atoms with Crippen molar-refractivity contribution in [3.05, 3.63) is 40.6 Å². The molecule has 2 N–H and O–H groups in total. The lowest BCUT2D eigenvalue weighted by molar-refractivity contribution is -0.123. The average molecular weight is 378 g/mol. The van der Waals surface area contributed by atoms with E-state index < -0.39 is 24.5 Å². The Kier molecular flexibility index (Phi) is 5.22. The van der Waals surface area contributed by atoms with Gasteiger partial charge in [0.1, 0.15) is 17.0 Å². The number of benzene rings is 1. The van der Waals surface area contributed by atoms with Gasteiger partial charge in [-0.3, -0.25) is 10.1 Å². The third-order valence-electron chi connectivity index (χ3n) is 3.70. The molecule has 0 saturated heterocycles. The number of ether oxygens (including phenoxy) is 1. The van der Waals surface area contributed by atoms with Gasteiger partial charge in [-0.25, -0.2) is 9.59 Å². The van der Waals surface area contributed by atoms with Crippen molar-refractivity contribution in [2.45, 2.75) is 25.8 Å². The summed E-state index contributed by atoms with van der Waals surface area (Å²) in [6.45, 7) is 0.941. The molecule has 2 aromatic rings. The topological polar surface area (TPSA) is 111 Å². The van der Waals surface area contributed by atoms with Crippen molar-refractivity contribution in [2.75, 3.05) is 6.61 Å². The highest BCUT2D eigenvalue weighted by atomic mass is 35.5. The fourth-order valence-corrected chi connectivity index (χ4v) is 2.49. The maximum absolute atomic E-state index is 12.4. The molecule has 1 aliphatic carbocycles. The molecule has 0 unspecified atom stereocenters. The summed E-state index contributed by atoms with van der Waals surface area (Å²) < 4.78 is 10.1. The predicted molar refractivity (Wildman–Crippen MR) is 91.7 cm³/mol. The van der Waals surface area contributed by atoms with Crippen LogP contribution >= 0.6 is 11.6 Å². The molecular weight excluding hydrogens is 362 g/mol. The van der Waals surface area contributed by atoms with Crippen molar-refractivity contribution in [2.24, 2.45) is 0 Å². The number of hydrogen-bond donors (Lipinski definition) is 2. The van der Waals surface area contributed by atoms with E-state index in [9.17, 15) is 14.4 Å². The predicted octanol–water partition coefficient (Wildman–Crippen LogP) is 2.45. The van der Waals surface area contributed by atoms with E-state index in [4.69, 9.17) is 20.9 Å². The summed E-state index contributed by atoms with van der Waals surface area (Å²) in [5.74, 6) is -1.29. The first kappa shape index (κ1) is 17.9. The molecule has 0 bridgehead atoms. The normalized spacial score (nSPS) is 13.2. The quantitative estimate of drug-likeness (QED) is 0.774. The maximum atomic E-state index is 12.4. The van der Waals surface area contributed by atoms with E-state index in [2.05, 4.69) is 15.8 Å². The Balaban J connectivity index is 1.65. The number of halogens is 1. The third kappa shape index (κ3) is 4.20. The lowest BCUT2D eigenvalue weighted by Gasteiger charge is -2.07. The average Bonchev–Trinajstić information content (AvgIpc) is 3.32. The Morgan fingerprint density at radius 3 is 2.73 bits per heavy atom. The summed E-state index contributed by atoms with van der Waals surface area (Å²) in [6, 6.07) is 6.34. The number of carbonyl (C=O) groups is 3. The van der Waals surface area contributed by atoms with E-state index in [1.807, 2.05) is 0 Å². The number of imide groups is 1. The van der Waals surface area contributed by atoms with Crippen LogP contribution < -0.4 is 10.6 Å². The minimum Gasteiger partial charge on any atom is -0.452 e. The van der Waals surface area contributed by atoms with Crippen LogP contribution in [0.1, 0.15) is 29.0 Å². The Hall–Kier alpha value is -2.87. The van der Waals surface area contributed by atoms with Crippen LogP contribution in [-0.4, -0.2) is 35.7 Å². The summed E-state index contributed by atoms with van der Waals surface area (Å²) >= 11 is 6.13. The van der Waals surface area contributed by atoms with Crippen LogP contribution in [-0.2, 0) is 9.53 Å². The van der Waals surface area contributed by atoms with Crippen LogP contribution in [0.2, 0.25) is 5.02 Å². The molecule has 1 heterocycles. The smallest absolute Gasteiger partial charge is 0.344 e. The summed E-state index contributed by atoms with van der Waals surface area (Å²) in [4.78, 5) is 35.6. The summed E-state index contributed by atoms with van der Waals surface area (Å²) in [7, 11) is 0. The van der Waals surface area contributed by atoms with Crippen LogP contribution in [0.3, 0.4) is 0 Å². The molecule has 3 rings (SSSR count). The van der Waals surface area contributed by atoms with Crippen LogP contribution in [0, 0.1) is 6.92 Å². The lowest BCUT2D eigenvalue weighted by atomic mass is 10.1. The molecule has 0 aliphatic heterocycles. The molecule has 136 valence electrons. The third-order valence-corrected chi connectivity index (χ3v) is 4.03. The van der Waals surface area contributed by atoms with Crippen LogP contribution in [0.15, 0.2) is 28.8 Å². The van der Waals surface area contributed by atoms with Crippen LogP contribution in [0.4, 0.5) is 4.79 Å². The van der Waals surface area contributed by atoms with E-state index in [0.29, 0.717) is 10.6 Å². The molecule has 1 fully saturated rings. The van der Waals surface area contributed by atoms with Gasteiger partial charge in [0, 0.05) is 11.6 Å². The zero-order chi connectivity index (χ0) is 18.7. The monoisotopic (exact) mass is 377 g/mol. The summed E-state index contributed by atoms with van der Waals surface area (Å²) in [6.07, 6.45) is 1.79. The Morgan fingerprint density at radius 1 is 1.31 bits per heavy atom. The van der Waals surface area contributed by atoms with Crippen LogP contribution in [0.5, 0.6) is 0 Å². The van der Waals surface area contributed by atoms with Crippen molar-refractivity contribution in [3.8, 4) is 11.3 Å². The minimum absolute atomic E-state index is 0.0772. The largest absolute Gasteiger partial charge is 0.452 e. The van der Waals surface area contributed by atoms with Gasteiger partial charge < -0.3 is 14.6 Å². The number of esters is 1. The van der Waals surface area contributed by atoms with Gasteiger partial charge in [0.2, 0.25) is 0 Å². The first-order chi connectivity index (χ1) is 12.5. The van der Waals surface area contributed by atoms with E-state index in [-0.39, 0.29) is 23.1 Å². The van der Waals surface area contributed by atoms with Crippen molar-refractivity contribution in [3.63, 3.8) is 0 Å². The lowest BCUT2D eigenvalue weighted by Crippen LogP contribution is -2.42. The number of carbonyl (C=O) groups excluding carboxylic acids is 3. The second kappa shape index (κ2) is 7.57. The molecule has 1 saturated carbocycles. The number of amides is 3. The Bertz CT molecular complexity index is 860. The molecule has 26 heavy (non-hydrogen) atoms. The number of aromatic nitrogens is 1. The number of nitrogens with zero attached hydrogens (tertiary/aromatic N) is 1. The van der Waals surface area contributed by atoms with Crippen molar-refractivity contribution < 1.29 is 23.6 Å². The van der Waals surface area contributed by atoms with Gasteiger partial charge in [-0.05, 0) is 25.8 Å². The highest BCUT2D eigenvalue weighted by Crippen LogP contribution is 2.31. The first-order valence-corrected chi connectivity index (χ1v) is 8.32. The minimum atomic E-state index is -0.795. The van der Waals surface area contributed by atoms with E-state index in [1.54, 1.807) is 31.2 Å². The first-order valence-electron chi connectivity index (χ1n) is 7.94. The number of rotatable bonds is 5. The second-order valence-corrected chi connectivity index (χ2v) is 6.22. The highest BCUT2D eigenvalue weighted by Gasteiger charge is 2.26.